The summed E-state index contributed by atoms with van der Waals surface area (Å²) in [6, 6.07) is 12.3. The van der Waals surface area contributed by atoms with Crippen LogP contribution < -0.4 is 0 Å². The van der Waals surface area contributed by atoms with Crippen molar-refractivity contribution in [1.29, 1.82) is 0 Å². The molecule has 0 saturated heterocycles. The van der Waals surface area contributed by atoms with E-state index in [1.54, 1.807) is 18.2 Å². The molecule has 0 aliphatic heterocycles. The number of fused-ring (bicyclic) bond motifs is 2. The summed E-state index contributed by atoms with van der Waals surface area (Å²) in [5.41, 5.74) is 7.63. The minimum absolute atomic E-state index is 0.156. The van der Waals surface area contributed by atoms with Gasteiger partial charge in [-0.2, -0.15) is 0 Å². The molecular formula is C26H23FO2. The zero-order chi connectivity index (χ0) is 21.0. The first-order valence-electron chi connectivity index (χ1n) is 9.67. The van der Waals surface area contributed by atoms with Crippen LogP contribution in [0.25, 0.3) is 32.7 Å². The highest BCUT2D eigenvalue weighted by Gasteiger charge is 2.16. The van der Waals surface area contributed by atoms with Crippen molar-refractivity contribution in [3.63, 3.8) is 0 Å². The molecule has 0 amide bonds. The summed E-state index contributed by atoms with van der Waals surface area (Å²) in [5, 5.41) is 12.5. The van der Waals surface area contributed by atoms with Crippen molar-refractivity contribution in [3.8, 4) is 11.1 Å². The van der Waals surface area contributed by atoms with Gasteiger partial charge in [-0.25, -0.2) is 9.18 Å². The molecule has 0 radical (unpaired) electrons. The summed E-state index contributed by atoms with van der Waals surface area (Å²) in [7, 11) is 0. The van der Waals surface area contributed by atoms with Gasteiger partial charge in [0.1, 0.15) is 5.82 Å². The maximum atomic E-state index is 15.4. The third kappa shape index (κ3) is 2.89. The molecule has 4 aromatic carbocycles. The summed E-state index contributed by atoms with van der Waals surface area (Å²) in [6.45, 7) is 10.5. The number of carboxylic acids is 1. The van der Waals surface area contributed by atoms with E-state index in [1.807, 2.05) is 6.92 Å². The van der Waals surface area contributed by atoms with Gasteiger partial charge in [-0.1, -0.05) is 24.3 Å². The number of benzene rings is 4. The molecule has 0 fully saturated rings. The SMILES string of the molecule is Cc1cc2c(C)c(C)c(C)c(C)c2cc1-c1ccc2cc(C(=O)O)ccc2c1F. The van der Waals surface area contributed by atoms with Crippen LogP contribution in [0, 0.1) is 40.4 Å². The topological polar surface area (TPSA) is 37.3 Å². The molecular weight excluding hydrogens is 363 g/mol. The fourth-order valence-electron chi connectivity index (χ4n) is 4.22. The summed E-state index contributed by atoms with van der Waals surface area (Å²) in [5.74, 6) is -1.33. The van der Waals surface area contributed by atoms with E-state index >= 15 is 4.39 Å². The van der Waals surface area contributed by atoms with Gasteiger partial charge in [-0.05, 0) is 102 Å². The van der Waals surface area contributed by atoms with Gasteiger partial charge in [0.25, 0.3) is 0 Å². The number of aryl methyl sites for hydroxylation is 3. The zero-order valence-electron chi connectivity index (χ0n) is 17.3. The number of rotatable bonds is 2. The lowest BCUT2D eigenvalue weighted by Gasteiger charge is -2.17. The van der Waals surface area contributed by atoms with Crippen molar-refractivity contribution in [2.75, 3.05) is 0 Å². The largest absolute Gasteiger partial charge is 0.478 e. The Labute approximate surface area is 169 Å². The Balaban J connectivity index is 2.00. The van der Waals surface area contributed by atoms with E-state index in [2.05, 4.69) is 39.8 Å². The normalized spacial score (nSPS) is 11.4. The summed E-state index contributed by atoms with van der Waals surface area (Å²) < 4.78 is 15.4. The quantitative estimate of drug-likeness (QED) is 0.401. The van der Waals surface area contributed by atoms with Gasteiger partial charge in [0.15, 0.2) is 0 Å². The number of hydrogen-bond donors (Lipinski definition) is 1. The molecule has 4 aromatic rings. The highest BCUT2D eigenvalue weighted by atomic mass is 19.1. The van der Waals surface area contributed by atoms with E-state index in [9.17, 15) is 9.90 Å². The van der Waals surface area contributed by atoms with Crippen LogP contribution in [0.5, 0.6) is 0 Å². The first-order valence-corrected chi connectivity index (χ1v) is 9.67. The van der Waals surface area contributed by atoms with Gasteiger partial charge in [0, 0.05) is 10.9 Å². The van der Waals surface area contributed by atoms with Crippen LogP contribution in [0.2, 0.25) is 0 Å². The fraction of sp³-hybridized carbons (Fsp3) is 0.192. The molecule has 0 aliphatic carbocycles. The van der Waals surface area contributed by atoms with Crippen LogP contribution in [-0.4, -0.2) is 11.1 Å². The molecule has 0 spiro atoms. The fourth-order valence-corrected chi connectivity index (χ4v) is 4.22. The standard InChI is InChI=1S/C26H23FO2/c1-13-10-23-16(4)14(2)15(3)17(5)24(23)12-22(13)21-9-6-18-11-19(26(28)29)7-8-20(18)25(21)27/h6-12H,1-5H3,(H,28,29). The second-order valence-electron chi connectivity index (χ2n) is 7.88. The second kappa shape index (κ2) is 6.70. The first-order chi connectivity index (χ1) is 13.7. The van der Waals surface area contributed by atoms with Gasteiger partial charge in [-0.3, -0.25) is 0 Å². The van der Waals surface area contributed by atoms with Crippen molar-refractivity contribution >= 4 is 27.5 Å². The molecule has 1 N–H and O–H groups in total. The van der Waals surface area contributed by atoms with Gasteiger partial charge < -0.3 is 5.11 Å². The molecule has 0 saturated carbocycles. The number of halogens is 1. The van der Waals surface area contributed by atoms with Crippen molar-refractivity contribution in [3.05, 3.63) is 81.7 Å². The summed E-state index contributed by atoms with van der Waals surface area (Å²) in [4.78, 5) is 11.2. The molecule has 3 heteroatoms. The Morgan fingerprint density at radius 2 is 1.34 bits per heavy atom. The lowest BCUT2D eigenvalue weighted by atomic mass is 9.87. The molecule has 0 aliphatic rings. The van der Waals surface area contributed by atoms with Crippen LogP contribution in [0.1, 0.15) is 38.2 Å². The maximum Gasteiger partial charge on any atom is 0.335 e. The van der Waals surface area contributed by atoms with Crippen molar-refractivity contribution in [2.45, 2.75) is 34.6 Å². The molecule has 4 rings (SSSR count). The Morgan fingerprint density at radius 3 is 1.97 bits per heavy atom. The summed E-state index contributed by atoms with van der Waals surface area (Å²) in [6.07, 6.45) is 0. The molecule has 0 bridgehead atoms. The van der Waals surface area contributed by atoms with Gasteiger partial charge >= 0.3 is 5.97 Å². The number of carbonyl (C=O) groups is 1. The van der Waals surface area contributed by atoms with Crippen LogP contribution >= 0.6 is 0 Å². The van der Waals surface area contributed by atoms with E-state index in [0.717, 1.165) is 16.5 Å². The average Bonchev–Trinajstić information content (AvgIpc) is 2.70. The second-order valence-corrected chi connectivity index (χ2v) is 7.88. The van der Waals surface area contributed by atoms with Crippen LogP contribution in [-0.2, 0) is 0 Å². The van der Waals surface area contributed by atoms with E-state index < -0.39 is 5.97 Å². The van der Waals surface area contributed by atoms with E-state index in [-0.39, 0.29) is 11.4 Å². The van der Waals surface area contributed by atoms with Gasteiger partial charge in [0.2, 0.25) is 0 Å². The van der Waals surface area contributed by atoms with Gasteiger partial charge in [0.05, 0.1) is 5.56 Å². The molecule has 146 valence electrons. The van der Waals surface area contributed by atoms with E-state index in [1.165, 1.54) is 39.8 Å². The third-order valence-electron chi connectivity index (χ3n) is 6.35. The monoisotopic (exact) mass is 386 g/mol. The Kier molecular flexibility index (Phi) is 4.42. The van der Waals surface area contributed by atoms with E-state index in [0.29, 0.717) is 16.3 Å². The minimum Gasteiger partial charge on any atom is -0.478 e. The average molecular weight is 386 g/mol. The van der Waals surface area contributed by atoms with Gasteiger partial charge in [-0.15, -0.1) is 0 Å². The van der Waals surface area contributed by atoms with Crippen LogP contribution in [0.3, 0.4) is 0 Å². The Bertz CT molecular complexity index is 1330. The molecule has 0 atom stereocenters. The smallest absolute Gasteiger partial charge is 0.335 e. The molecule has 0 aromatic heterocycles. The highest BCUT2D eigenvalue weighted by molar-refractivity contribution is 5.98. The number of hydrogen-bond acceptors (Lipinski definition) is 1. The molecule has 29 heavy (non-hydrogen) atoms. The third-order valence-corrected chi connectivity index (χ3v) is 6.35. The van der Waals surface area contributed by atoms with Crippen LogP contribution in [0.4, 0.5) is 4.39 Å². The predicted molar refractivity (Wildman–Crippen MR) is 117 cm³/mol. The maximum absolute atomic E-state index is 15.4. The lowest BCUT2D eigenvalue weighted by molar-refractivity contribution is 0.0697. The zero-order valence-corrected chi connectivity index (χ0v) is 17.3. The van der Waals surface area contributed by atoms with Crippen LogP contribution in [0.15, 0.2) is 42.5 Å². The molecule has 0 heterocycles. The van der Waals surface area contributed by atoms with E-state index in [4.69, 9.17) is 0 Å². The minimum atomic E-state index is -1.02. The predicted octanol–water partition coefficient (Wildman–Crippen LogP) is 7.04. The van der Waals surface area contributed by atoms with Crippen molar-refractivity contribution in [2.24, 2.45) is 0 Å². The number of aromatic carboxylic acids is 1. The number of carboxylic acid groups (broad SMARTS) is 1. The van der Waals surface area contributed by atoms with Crippen molar-refractivity contribution < 1.29 is 14.3 Å². The summed E-state index contributed by atoms with van der Waals surface area (Å²) >= 11 is 0. The molecule has 0 unspecified atom stereocenters. The van der Waals surface area contributed by atoms with Crippen molar-refractivity contribution in [1.82, 2.24) is 0 Å². The Hall–Kier alpha value is -3.20. The molecule has 2 nitrogen and oxygen atoms in total. The first kappa shape index (κ1) is 19.1. The highest BCUT2D eigenvalue weighted by Crippen LogP contribution is 2.37. The lowest BCUT2D eigenvalue weighted by Crippen LogP contribution is -1.98. The Morgan fingerprint density at radius 1 is 0.724 bits per heavy atom.